The number of carbonyl (C=O) groups excluding carboxylic acids is 3. The number of rotatable bonds is 10. The van der Waals surface area contributed by atoms with Crippen molar-refractivity contribution in [1.82, 2.24) is 14.5 Å². The third kappa shape index (κ3) is 5.60. The van der Waals surface area contributed by atoms with Gasteiger partial charge in [0.05, 0.1) is 5.56 Å². The van der Waals surface area contributed by atoms with Crippen molar-refractivity contribution in [3.05, 3.63) is 101 Å². The Morgan fingerprint density at radius 3 is 2.32 bits per heavy atom. The molecule has 198 valence electrons. The van der Waals surface area contributed by atoms with Gasteiger partial charge in [0, 0.05) is 38.5 Å². The van der Waals surface area contributed by atoms with Gasteiger partial charge in [0.1, 0.15) is 16.8 Å². The van der Waals surface area contributed by atoms with E-state index in [9.17, 15) is 27.2 Å². The Bertz CT molecular complexity index is 1450. The molecule has 1 heterocycles. The number of carbonyl (C=O) groups is 3. The topological polar surface area (TPSA) is 104 Å². The van der Waals surface area contributed by atoms with E-state index in [0.29, 0.717) is 0 Å². The average Bonchev–Trinajstić information content (AvgIpc) is 3.12. The molecule has 8 nitrogen and oxygen atoms in total. The Labute approximate surface area is 221 Å². The van der Waals surface area contributed by atoms with E-state index in [2.05, 4.69) is 5.32 Å². The zero-order chi connectivity index (χ0) is 27.3. The third-order valence-corrected chi connectivity index (χ3v) is 8.32. The number of amides is 3. The largest absolute Gasteiger partial charge is 0.357 e. The van der Waals surface area contributed by atoms with E-state index in [4.69, 9.17) is 0 Å². The lowest BCUT2D eigenvalue weighted by Gasteiger charge is -2.31. The molecule has 0 bridgehead atoms. The van der Waals surface area contributed by atoms with E-state index in [1.165, 1.54) is 36.2 Å². The van der Waals surface area contributed by atoms with Gasteiger partial charge in [-0.1, -0.05) is 60.7 Å². The van der Waals surface area contributed by atoms with Crippen LogP contribution < -0.4 is 5.32 Å². The fourth-order valence-electron chi connectivity index (χ4n) is 4.50. The Kier molecular flexibility index (Phi) is 8.21. The first-order valence-electron chi connectivity index (χ1n) is 12.2. The lowest BCUT2D eigenvalue weighted by molar-refractivity contribution is -0.141. The normalized spacial score (nSPS) is 14.6. The Balaban J connectivity index is 1.55. The summed E-state index contributed by atoms with van der Waals surface area (Å²) in [5, 5.41) is 2.59. The molecule has 1 N–H and O–H groups in total. The zero-order valence-electron chi connectivity index (χ0n) is 20.8. The second kappa shape index (κ2) is 11.6. The van der Waals surface area contributed by atoms with Crippen LogP contribution in [0.4, 0.5) is 4.39 Å². The number of benzene rings is 3. The van der Waals surface area contributed by atoms with Crippen LogP contribution >= 0.6 is 0 Å². The lowest BCUT2D eigenvalue weighted by atomic mass is 10.0. The molecule has 3 aromatic rings. The maximum atomic E-state index is 14.6. The van der Waals surface area contributed by atoms with Crippen molar-refractivity contribution in [2.75, 3.05) is 13.6 Å². The van der Waals surface area contributed by atoms with E-state index in [0.717, 1.165) is 9.87 Å². The summed E-state index contributed by atoms with van der Waals surface area (Å²) >= 11 is 0. The molecule has 0 saturated carbocycles. The number of fused-ring (bicyclic) bond motifs is 1. The minimum Gasteiger partial charge on any atom is -0.357 e. The summed E-state index contributed by atoms with van der Waals surface area (Å²) in [5.41, 5.74) is 1.16. The summed E-state index contributed by atoms with van der Waals surface area (Å²) in [5.74, 6) is -2.01. The van der Waals surface area contributed by atoms with Gasteiger partial charge in [-0.25, -0.2) is 17.1 Å². The number of likely N-dealkylation sites (N-methyl/N-ethyl adjacent to an activating group) is 1. The maximum Gasteiger partial charge on any atom is 0.269 e. The van der Waals surface area contributed by atoms with Crippen LogP contribution in [0, 0.1) is 5.82 Å². The lowest BCUT2D eigenvalue weighted by Crippen LogP contribution is -2.50. The van der Waals surface area contributed by atoms with Crippen molar-refractivity contribution >= 4 is 27.7 Å². The quantitative estimate of drug-likeness (QED) is 0.428. The van der Waals surface area contributed by atoms with Gasteiger partial charge in [-0.2, -0.15) is 0 Å². The summed E-state index contributed by atoms with van der Waals surface area (Å²) in [4.78, 5) is 40.4. The third-order valence-electron chi connectivity index (χ3n) is 6.48. The second-order valence-corrected chi connectivity index (χ2v) is 10.7. The van der Waals surface area contributed by atoms with E-state index in [1.807, 2.05) is 30.3 Å². The van der Waals surface area contributed by atoms with Crippen LogP contribution in [0.5, 0.6) is 0 Å². The molecular formula is C28H28FN3O5S. The van der Waals surface area contributed by atoms with E-state index >= 15 is 0 Å². The molecule has 1 aliphatic rings. The van der Waals surface area contributed by atoms with Gasteiger partial charge < -0.3 is 10.2 Å². The number of hydrogen-bond acceptors (Lipinski definition) is 5. The molecule has 3 amide bonds. The first-order valence-corrected chi connectivity index (χ1v) is 13.6. The molecule has 1 unspecified atom stereocenters. The molecule has 0 spiro atoms. The predicted molar refractivity (Wildman–Crippen MR) is 139 cm³/mol. The molecule has 1 atom stereocenters. The van der Waals surface area contributed by atoms with Crippen molar-refractivity contribution < 1.29 is 27.2 Å². The Hall–Kier alpha value is -4.05. The summed E-state index contributed by atoms with van der Waals surface area (Å²) in [6.07, 6.45) is 0.0960. The fraction of sp³-hybridized carbons (Fsp3) is 0.250. The van der Waals surface area contributed by atoms with Gasteiger partial charge in [-0.3, -0.25) is 14.4 Å². The first kappa shape index (κ1) is 27.0. The minimum absolute atomic E-state index is 0.0391. The van der Waals surface area contributed by atoms with E-state index < -0.39 is 39.6 Å². The Morgan fingerprint density at radius 2 is 1.63 bits per heavy atom. The monoisotopic (exact) mass is 537 g/mol. The molecule has 3 aromatic carbocycles. The van der Waals surface area contributed by atoms with Crippen molar-refractivity contribution in [1.29, 1.82) is 0 Å². The molecule has 10 heteroatoms. The van der Waals surface area contributed by atoms with Gasteiger partial charge in [-0.15, -0.1) is 0 Å². The van der Waals surface area contributed by atoms with E-state index in [1.54, 1.807) is 24.3 Å². The number of halogens is 1. The van der Waals surface area contributed by atoms with Gasteiger partial charge >= 0.3 is 0 Å². The van der Waals surface area contributed by atoms with Gasteiger partial charge in [-0.05, 0) is 30.2 Å². The maximum absolute atomic E-state index is 14.6. The highest BCUT2D eigenvalue weighted by Crippen LogP contribution is 2.30. The van der Waals surface area contributed by atoms with Crippen LogP contribution in [-0.2, 0) is 32.6 Å². The standard InChI is InChI=1S/C28H28FN3O5S/c1-30-27(34)24(18-20-10-3-2-4-11-20)31(19-21-12-5-7-14-23(21)29)26(33)16-9-17-32-28(35)22-13-6-8-15-25(22)38(32,36)37/h2-8,10-15,24H,9,16-19H2,1H3,(H,30,34). The molecule has 0 saturated heterocycles. The van der Waals surface area contributed by atoms with Crippen LogP contribution in [-0.4, -0.2) is 55.0 Å². The zero-order valence-corrected chi connectivity index (χ0v) is 21.7. The number of nitrogens with one attached hydrogen (secondary N) is 1. The molecule has 0 aliphatic carbocycles. The highest BCUT2D eigenvalue weighted by molar-refractivity contribution is 7.90. The highest BCUT2D eigenvalue weighted by Gasteiger charge is 2.40. The van der Waals surface area contributed by atoms with Crippen molar-refractivity contribution in [3.63, 3.8) is 0 Å². The summed E-state index contributed by atoms with van der Waals surface area (Å²) in [6.45, 7) is -0.346. The smallest absolute Gasteiger partial charge is 0.269 e. The van der Waals surface area contributed by atoms with Crippen LogP contribution in [0.1, 0.15) is 34.3 Å². The van der Waals surface area contributed by atoms with Crippen LogP contribution in [0.15, 0.2) is 83.8 Å². The number of sulfonamides is 1. The van der Waals surface area contributed by atoms with Crippen molar-refractivity contribution in [2.45, 2.75) is 36.7 Å². The molecule has 38 heavy (non-hydrogen) atoms. The van der Waals surface area contributed by atoms with Gasteiger partial charge in [0.15, 0.2) is 0 Å². The highest BCUT2D eigenvalue weighted by atomic mass is 32.2. The van der Waals surface area contributed by atoms with Gasteiger partial charge in [0.25, 0.3) is 15.9 Å². The number of hydrogen-bond donors (Lipinski definition) is 1. The molecule has 0 aromatic heterocycles. The molecule has 0 radical (unpaired) electrons. The molecule has 1 aliphatic heterocycles. The molecular weight excluding hydrogens is 509 g/mol. The second-order valence-electron chi connectivity index (χ2n) is 8.91. The molecule has 0 fully saturated rings. The number of nitrogens with zero attached hydrogens (tertiary/aromatic N) is 2. The van der Waals surface area contributed by atoms with Crippen LogP contribution in [0.3, 0.4) is 0 Å². The predicted octanol–water partition coefficient (Wildman–Crippen LogP) is 3.14. The van der Waals surface area contributed by atoms with Crippen LogP contribution in [0.25, 0.3) is 0 Å². The Morgan fingerprint density at radius 1 is 0.974 bits per heavy atom. The van der Waals surface area contributed by atoms with Crippen molar-refractivity contribution in [2.24, 2.45) is 0 Å². The van der Waals surface area contributed by atoms with Gasteiger partial charge in [0.2, 0.25) is 11.8 Å². The summed E-state index contributed by atoms with van der Waals surface area (Å²) in [6, 6.07) is 20.2. The minimum atomic E-state index is -4.00. The first-order chi connectivity index (χ1) is 18.2. The van der Waals surface area contributed by atoms with E-state index in [-0.39, 0.29) is 48.4 Å². The fourth-order valence-corrected chi connectivity index (χ4v) is 6.11. The average molecular weight is 538 g/mol. The van der Waals surface area contributed by atoms with Crippen LogP contribution in [0.2, 0.25) is 0 Å². The summed E-state index contributed by atoms with van der Waals surface area (Å²) in [7, 11) is -2.53. The van der Waals surface area contributed by atoms with Crippen molar-refractivity contribution in [3.8, 4) is 0 Å². The molecule has 4 rings (SSSR count). The summed E-state index contributed by atoms with van der Waals surface area (Å²) < 4.78 is 41.0. The SMILES string of the molecule is CNC(=O)C(Cc1ccccc1)N(Cc1ccccc1F)C(=O)CCCN1C(=O)c2ccccc2S1(=O)=O.